The van der Waals surface area contributed by atoms with Crippen molar-refractivity contribution in [2.75, 3.05) is 20.3 Å². The van der Waals surface area contributed by atoms with Crippen LogP contribution >= 0.6 is 0 Å². The number of ether oxygens (including phenoxy) is 2. The molecular weight excluding hydrogens is 246 g/mol. The average Bonchev–Trinajstić information content (AvgIpc) is 3.18. The largest absolute Gasteiger partial charge is 0.465 e. The van der Waals surface area contributed by atoms with Crippen LogP contribution in [0, 0.1) is 0 Å². The lowest BCUT2D eigenvalue weighted by molar-refractivity contribution is -0.138. The lowest BCUT2D eigenvalue weighted by atomic mass is 10.0. The maximum Gasteiger partial charge on any atom is 0.338 e. The van der Waals surface area contributed by atoms with Crippen LogP contribution in [0.2, 0.25) is 0 Å². The minimum atomic E-state index is -0.361. The van der Waals surface area contributed by atoms with Crippen molar-refractivity contribution in [2.45, 2.75) is 32.7 Å². The quantitative estimate of drug-likeness (QED) is 0.595. The zero-order chi connectivity index (χ0) is 14.0. The topological polar surface area (TPSA) is 74.5 Å². The summed E-state index contributed by atoms with van der Waals surface area (Å²) in [7, 11) is 1.36. The zero-order valence-electron chi connectivity index (χ0n) is 11.5. The predicted octanol–water partition coefficient (Wildman–Crippen LogP) is 1.10. The van der Waals surface area contributed by atoms with Crippen LogP contribution in [0.25, 0.3) is 0 Å². The van der Waals surface area contributed by atoms with E-state index in [4.69, 9.17) is 9.47 Å². The van der Waals surface area contributed by atoms with E-state index in [2.05, 4.69) is 5.32 Å². The van der Waals surface area contributed by atoms with E-state index in [1.54, 1.807) is 6.92 Å². The summed E-state index contributed by atoms with van der Waals surface area (Å²) in [6.45, 7) is 4.89. The summed E-state index contributed by atoms with van der Waals surface area (Å²) >= 11 is 0. The Morgan fingerprint density at radius 2 is 2.00 bits per heavy atom. The average molecular weight is 265 g/mol. The molecule has 1 aliphatic carbocycles. The summed E-state index contributed by atoms with van der Waals surface area (Å²) in [6.07, 6.45) is 1.11. The summed E-state index contributed by atoms with van der Waals surface area (Å²) in [4.78, 5) is 23.9. The summed E-state index contributed by atoms with van der Waals surface area (Å²) < 4.78 is 9.92. The highest BCUT2D eigenvalue weighted by Crippen LogP contribution is 2.39. The van der Waals surface area contributed by atoms with Gasteiger partial charge in [0.25, 0.3) is 0 Å². The first-order chi connectivity index (χ1) is 9.13. The molecule has 5 nitrogen and oxygen atoms in total. The number of carbonyl (C=O) groups excluding carboxylic acids is 2. The van der Waals surface area contributed by atoms with E-state index in [9.17, 15) is 9.59 Å². The standard InChI is InChI=1S/C14H19NO4/c1-4-8-9(13(16)19-5-2)6-10(11-7-15-11)12(8)14(17)18-3/h11,15H,4-7H2,1-3H3. The van der Waals surface area contributed by atoms with E-state index < -0.39 is 0 Å². The van der Waals surface area contributed by atoms with Crippen molar-refractivity contribution >= 4 is 11.9 Å². The lowest BCUT2D eigenvalue weighted by Crippen LogP contribution is -2.11. The van der Waals surface area contributed by atoms with E-state index in [1.165, 1.54) is 7.11 Å². The molecule has 0 amide bonds. The Morgan fingerprint density at radius 1 is 1.32 bits per heavy atom. The molecule has 0 aromatic rings. The Morgan fingerprint density at radius 3 is 2.47 bits per heavy atom. The third kappa shape index (κ3) is 2.56. The van der Waals surface area contributed by atoms with Crippen molar-refractivity contribution in [2.24, 2.45) is 0 Å². The third-order valence-corrected chi connectivity index (χ3v) is 3.45. The van der Waals surface area contributed by atoms with Crippen molar-refractivity contribution < 1.29 is 19.1 Å². The van der Waals surface area contributed by atoms with E-state index in [-0.39, 0.29) is 18.0 Å². The SMILES string of the molecule is CCOC(=O)C1=C(CC)C(C(=O)OC)=C(C2CN2)C1. The molecule has 1 aliphatic heterocycles. The van der Waals surface area contributed by atoms with Crippen molar-refractivity contribution in [3.8, 4) is 0 Å². The molecule has 1 heterocycles. The number of methoxy groups -OCH3 is 1. The molecule has 0 bridgehead atoms. The fraction of sp³-hybridized carbons (Fsp3) is 0.571. The van der Waals surface area contributed by atoms with Crippen molar-refractivity contribution in [3.63, 3.8) is 0 Å². The lowest BCUT2D eigenvalue weighted by Gasteiger charge is -2.08. The summed E-state index contributed by atoms with van der Waals surface area (Å²) in [5.41, 5.74) is 2.91. The van der Waals surface area contributed by atoms with Crippen LogP contribution in [0.1, 0.15) is 26.7 Å². The van der Waals surface area contributed by atoms with E-state index in [0.29, 0.717) is 30.6 Å². The highest BCUT2D eigenvalue weighted by atomic mass is 16.5. The van der Waals surface area contributed by atoms with Gasteiger partial charge < -0.3 is 14.8 Å². The first-order valence-electron chi connectivity index (χ1n) is 6.58. The molecule has 0 spiro atoms. The smallest absolute Gasteiger partial charge is 0.338 e. The number of hydrogen-bond acceptors (Lipinski definition) is 5. The first-order valence-corrected chi connectivity index (χ1v) is 6.58. The second-order valence-corrected chi connectivity index (χ2v) is 4.56. The fourth-order valence-corrected chi connectivity index (χ4v) is 2.49. The number of rotatable bonds is 5. The Labute approximate surface area is 112 Å². The fourth-order valence-electron chi connectivity index (χ4n) is 2.49. The molecule has 104 valence electrons. The van der Waals surface area contributed by atoms with E-state index >= 15 is 0 Å². The van der Waals surface area contributed by atoms with Crippen LogP contribution in [-0.4, -0.2) is 38.2 Å². The molecule has 1 fully saturated rings. The molecule has 0 aromatic heterocycles. The molecule has 1 unspecified atom stereocenters. The monoisotopic (exact) mass is 265 g/mol. The summed E-state index contributed by atoms with van der Waals surface area (Å²) in [5, 5.41) is 3.18. The molecule has 1 atom stereocenters. The van der Waals surface area contributed by atoms with E-state index in [0.717, 1.165) is 17.7 Å². The number of carbonyl (C=O) groups is 2. The van der Waals surface area contributed by atoms with Crippen LogP contribution in [0.5, 0.6) is 0 Å². The second-order valence-electron chi connectivity index (χ2n) is 4.56. The van der Waals surface area contributed by atoms with Gasteiger partial charge >= 0.3 is 11.9 Å². The minimum absolute atomic E-state index is 0.197. The van der Waals surface area contributed by atoms with Gasteiger partial charge in [-0.2, -0.15) is 0 Å². The molecule has 19 heavy (non-hydrogen) atoms. The Kier molecular flexibility index (Phi) is 4.04. The molecule has 1 saturated heterocycles. The van der Waals surface area contributed by atoms with Crippen molar-refractivity contribution in [1.82, 2.24) is 5.32 Å². The summed E-state index contributed by atoms with van der Waals surface area (Å²) in [5.74, 6) is -0.684. The van der Waals surface area contributed by atoms with Crippen LogP contribution < -0.4 is 5.32 Å². The molecular formula is C14H19NO4. The van der Waals surface area contributed by atoms with Gasteiger partial charge in [-0.1, -0.05) is 6.92 Å². The Hall–Kier alpha value is -1.62. The van der Waals surface area contributed by atoms with Gasteiger partial charge in [0.15, 0.2) is 0 Å². The third-order valence-electron chi connectivity index (χ3n) is 3.45. The highest BCUT2D eigenvalue weighted by Gasteiger charge is 2.39. The van der Waals surface area contributed by atoms with Gasteiger partial charge in [0.2, 0.25) is 0 Å². The van der Waals surface area contributed by atoms with Gasteiger partial charge in [0, 0.05) is 24.6 Å². The van der Waals surface area contributed by atoms with Gasteiger partial charge in [-0.25, -0.2) is 9.59 Å². The molecule has 0 aromatic carbocycles. The van der Waals surface area contributed by atoms with Crippen LogP contribution in [0.4, 0.5) is 0 Å². The van der Waals surface area contributed by atoms with Crippen molar-refractivity contribution in [3.05, 3.63) is 22.3 Å². The normalized spacial score (nSPS) is 21.7. The maximum atomic E-state index is 12.0. The van der Waals surface area contributed by atoms with Crippen molar-refractivity contribution in [1.29, 1.82) is 0 Å². The Balaban J connectivity index is 2.36. The summed E-state index contributed by atoms with van der Waals surface area (Å²) in [6, 6.07) is 0.197. The molecule has 5 heteroatoms. The van der Waals surface area contributed by atoms with Gasteiger partial charge in [0.05, 0.1) is 19.3 Å². The molecule has 2 aliphatic rings. The molecule has 2 rings (SSSR count). The maximum absolute atomic E-state index is 12.0. The van der Waals surface area contributed by atoms with Crippen LogP contribution in [0.3, 0.4) is 0 Å². The first kappa shape index (κ1) is 13.8. The second kappa shape index (κ2) is 5.57. The predicted molar refractivity (Wildman–Crippen MR) is 69.4 cm³/mol. The van der Waals surface area contributed by atoms with Gasteiger partial charge in [0.1, 0.15) is 0 Å². The van der Waals surface area contributed by atoms with Crippen LogP contribution in [-0.2, 0) is 19.1 Å². The zero-order valence-corrected chi connectivity index (χ0v) is 11.5. The molecule has 0 radical (unpaired) electrons. The number of nitrogens with one attached hydrogen (secondary N) is 1. The number of hydrogen-bond donors (Lipinski definition) is 1. The molecule has 0 saturated carbocycles. The van der Waals surface area contributed by atoms with E-state index in [1.807, 2.05) is 6.92 Å². The Bertz CT molecular complexity index is 472. The van der Waals surface area contributed by atoms with Gasteiger partial charge in [-0.15, -0.1) is 0 Å². The highest BCUT2D eigenvalue weighted by molar-refractivity contribution is 6.02. The molecule has 1 N–H and O–H groups in total. The van der Waals surface area contributed by atoms with Gasteiger partial charge in [-0.05, 0) is 24.5 Å². The van der Waals surface area contributed by atoms with Crippen LogP contribution in [0.15, 0.2) is 22.3 Å². The number of esters is 2. The van der Waals surface area contributed by atoms with Gasteiger partial charge in [-0.3, -0.25) is 0 Å². The minimum Gasteiger partial charge on any atom is -0.465 e.